The molecule has 0 amide bonds. The Bertz CT molecular complexity index is 961. The number of rotatable bonds is 5. The first kappa shape index (κ1) is 19.6. The molecule has 6 nitrogen and oxygen atoms in total. The van der Waals surface area contributed by atoms with E-state index in [1.165, 1.54) is 30.0 Å². The highest BCUT2D eigenvalue weighted by Gasteiger charge is 2.42. The number of carbonyl (C=O) groups is 1. The van der Waals surface area contributed by atoms with E-state index in [4.69, 9.17) is 14.2 Å². The molecule has 0 aliphatic carbocycles. The number of piperidine rings is 1. The van der Waals surface area contributed by atoms with Crippen molar-refractivity contribution in [1.29, 1.82) is 0 Å². The Balaban J connectivity index is 1.77. The van der Waals surface area contributed by atoms with E-state index in [9.17, 15) is 4.79 Å². The molecule has 154 valence electrons. The van der Waals surface area contributed by atoms with Crippen LogP contribution in [0.1, 0.15) is 23.7 Å². The summed E-state index contributed by atoms with van der Waals surface area (Å²) in [5.41, 5.74) is 4.22. The van der Waals surface area contributed by atoms with Crippen LogP contribution < -0.4 is 4.74 Å². The first-order valence-electron chi connectivity index (χ1n) is 9.98. The molecule has 3 atom stereocenters. The minimum Gasteiger partial charge on any atom is -0.504 e. The molecule has 3 heterocycles. The van der Waals surface area contributed by atoms with Crippen LogP contribution in [0.15, 0.2) is 42.7 Å². The predicted molar refractivity (Wildman–Crippen MR) is 112 cm³/mol. The van der Waals surface area contributed by atoms with Crippen LogP contribution >= 0.6 is 0 Å². The maximum Gasteiger partial charge on any atom is 0.337 e. The summed E-state index contributed by atoms with van der Waals surface area (Å²) in [6, 6.07) is 6.31. The van der Waals surface area contributed by atoms with Crippen molar-refractivity contribution in [3.8, 4) is 5.75 Å². The normalized spacial score (nSPS) is 24.5. The molecular weight excluding hydrogens is 368 g/mol. The molecule has 6 heteroatoms. The van der Waals surface area contributed by atoms with E-state index >= 15 is 0 Å². The summed E-state index contributed by atoms with van der Waals surface area (Å²) in [4.78, 5) is 18.6. The van der Waals surface area contributed by atoms with Crippen molar-refractivity contribution in [3.63, 3.8) is 0 Å². The molecule has 2 aliphatic rings. The third-order valence-electron chi connectivity index (χ3n) is 6.37. The molecule has 1 N–H and O–H groups in total. The molecule has 29 heavy (non-hydrogen) atoms. The SMILES string of the molecule is C=C[C@@H]1CN2CCc3c([nH]c4cccc(OC)c34)[C@H]2C[C@H]1/C(=C/OC)C(=O)OC. The number of carbonyl (C=O) groups excluding carboxylic acids is 1. The molecule has 1 aromatic carbocycles. The van der Waals surface area contributed by atoms with E-state index in [1.807, 2.05) is 18.2 Å². The summed E-state index contributed by atoms with van der Waals surface area (Å²) in [6.45, 7) is 5.85. The van der Waals surface area contributed by atoms with E-state index in [-0.39, 0.29) is 23.8 Å². The number of hydrogen-bond donors (Lipinski definition) is 1. The number of esters is 1. The monoisotopic (exact) mass is 396 g/mol. The Hall–Kier alpha value is -2.73. The van der Waals surface area contributed by atoms with Gasteiger partial charge in [0.2, 0.25) is 0 Å². The number of ether oxygens (including phenoxy) is 3. The zero-order valence-electron chi connectivity index (χ0n) is 17.2. The first-order valence-corrected chi connectivity index (χ1v) is 9.98. The van der Waals surface area contributed by atoms with Gasteiger partial charge in [-0.1, -0.05) is 12.1 Å². The topological polar surface area (TPSA) is 63.8 Å². The lowest BCUT2D eigenvalue weighted by Gasteiger charge is -2.45. The van der Waals surface area contributed by atoms with Crippen LogP contribution in [0.3, 0.4) is 0 Å². The van der Waals surface area contributed by atoms with Gasteiger partial charge in [0.1, 0.15) is 5.75 Å². The maximum atomic E-state index is 12.4. The Morgan fingerprint density at radius 3 is 2.83 bits per heavy atom. The van der Waals surface area contributed by atoms with Gasteiger partial charge in [0.25, 0.3) is 0 Å². The average molecular weight is 396 g/mol. The van der Waals surface area contributed by atoms with Gasteiger partial charge in [-0.3, -0.25) is 4.90 Å². The second-order valence-electron chi connectivity index (χ2n) is 7.70. The molecule has 2 aromatic rings. The largest absolute Gasteiger partial charge is 0.504 e. The number of benzene rings is 1. The lowest BCUT2D eigenvalue weighted by Crippen LogP contribution is -2.46. The molecule has 0 bridgehead atoms. The van der Waals surface area contributed by atoms with Crippen molar-refractivity contribution in [2.45, 2.75) is 18.9 Å². The second kappa shape index (κ2) is 7.95. The molecule has 0 spiro atoms. The quantitative estimate of drug-likeness (QED) is 0.362. The highest BCUT2D eigenvalue weighted by molar-refractivity contribution is 5.91. The number of nitrogens with zero attached hydrogens (tertiary/aromatic N) is 1. The summed E-state index contributed by atoms with van der Waals surface area (Å²) < 4.78 is 15.9. The highest BCUT2D eigenvalue weighted by atomic mass is 16.5. The number of fused-ring (bicyclic) bond motifs is 5. The summed E-state index contributed by atoms with van der Waals surface area (Å²) >= 11 is 0. The van der Waals surface area contributed by atoms with E-state index < -0.39 is 0 Å². The molecule has 0 radical (unpaired) electrons. The Kier molecular flexibility index (Phi) is 5.37. The van der Waals surface area contributed by atoms with Crippen LogP contribution in [-0.4, -0.2) is 50.3 Å². The molecule has 0 unspecified atom stereocenters. The van der Waals surface area contributed by atoms with Crippen molar-refractivity contribution in [3.05, 3.63) is 53.9 Å². The Morgan fingerprint density at radius 2 is 2.14 bits per heavy atom. The maximum absolute atomic E-state index is 12.4. The van der Waals surface area contributed by atoms with Crippen LogP contribution in [-0.2, 0) is 20.7 Å². The van der Waals surface area contributed by atoms with Gasteiger partial charge in [-0.15, -0.1) is 6.58 Å². The predicted octanol–water partition coefficient (Wildman–Crippen LogP) is 3.60. The summed E-state index contributed by atoms with van der Waals surface area (Å²) in [7, 11) is 4.68. The zero-order valence-corrected chi connectivity index (χ0v) is 17.2. The number of aromatic amines is 1. The molecule has 1 saturated heterocycles. The highest BCUT2D eigenvalue weighted by Crippen LogP contribution is 2.46. The van der Waals surface area contributed by atoms with E-state index in [1.54, 1.807) is 14.2 Å². The van der Waals surface area contributed by atoms with Crippen LogP contribution in [0, 0.1) is 11.8 Å². The average Bonchev–Trinajstić information content (AvgIpc) is 3.15. The summed E-state index contributed by atoms with van der Waals surface area (Å²) in [6.07, 6.45) is 5.25. The zero-order chi connectivity index (χ0) is 20.5. The molecule has 1 fully saturated rings. The van der Waals surface area contributed by atoms with Gasteiger partial charge in [-0.25, -0.2) is 4.79 Å². The van der Waals surface area contributed by atoms with Gasteiger partial charge in [0.15, 0.2) is 0 Å². The van der Waals surface area contributed by atoms with Crippen molar-refractivity contribution >= 4 is 16.9 Å². The molecule has 2 aliphatic heterocycles. The third-order valence-corrected chi connectivity index (χ3v) is 6.37. The van der Waals surface area contributed by atoms with Gasteiger partial charge in [0, 0.05) is 35.6 Å². The summed E-state index contributed by atoms with van der Waals surface area (Å²) in [5.74, 6) is 0.707. The van der Waals surface area contributed by atoms with E-state index in [0.29, 0.717) is 5.57 Å². The van der Waals surface area contributed by atoms with Gasteiger partial charge in [-0.05, 0) is 36.5 Å². The van der Waals surface area contributed by atoms with Crippen molar-refractivity contribution in [2.75, 3.05) is 34.4 Å². The summed E-state index contributed by atoms with van der Waals surface area (Å²) in [5, 5.41) is 1.17. The molecule has 0 saturated carbocycles. The van der Waals surface area contributed by atoms with Gasteiger partial charge < -0.3 is 19.2 Å². The minimum atomic E-state index is -0.341. The van der Waals surface area contributed by atoms with Gasteiger partial charge in [0.05, 0.1) is 39.2 Å². The lowest BCUT2D eigenvalue weighted by molar-refractivity contribution is -0.137. The number of H-pyrrole nitrogens is 1. The fraction of sp³-hybridized carbons (Fsp3) is 0.435. The number of hydrogen-bond acceptors (Lipinski definition) is 5. The number of methoxy groups -OCH3 is 3. The number of nitrogens with one attached hydrogen (secondary N) is 1. The van der Waals surface area contributed by atoms with Crippen molar-refractivity contribution in [1.82, 2.24) is 9.88 Å². The first-order chi connectivity index (χ1) is 14.1. The van der Waals surface area contributed by atoms with Crippen LogP contribution in [0.4, 0.5) is 0 Å². The molecule has 1 aromatic heterocycles. The molecular formula is C23H28N2O4. The Labute approximate surface area is 171 Å². The second-order valence-corrected chi connectivity index (χ2v) is 7.70. The van der Waals surface area contributed by atoms with Crippen molar-refractivity contribution in [2.24, 2.45) is 11.8 Å². The standard InChI is InChI=1S/C23H28N2O4/c1-5-14-12-25-10-9-15-21-18(7-6-8-20(21)28-3)24-22(15)19(25)11-16(14)17(13-27-2)23(26)29-4/h5-8,13-14,16,19,24H,1,9-12H2,2-4H3/b17-13-/t14-,16-,19-/m1/s1. The van der Waals surface area contributed by atoms with E-state index in [0.717, 1.165) is 37.2 Å². The minimum absolute atomic E-state index is 0.0135. The van der Waals surface area contributed by atoms with Gasteiger partial charge >= 0.3 is 5.97 Å². The smallest absolute Gasteiger partial charge is 0.337 e. The van der Waals surface area contributed by atoms with Crippen LogP contribution in [0.25, 0.3) is 10.9 Å². The van der Waals surface area contributed by atoms with Gasteiger partial charge in [-0.2, -0.15) is 0 Å². The fourth-order valence-corrected chi connectivity index (χ4v) is 5.04. The van der Waals surface area contributed by atoms with Crippen LogP contribution in [0.5, 0.6) is 5.75 Å². The Morgan fingerprint density at radius 1 is 1.31 bits per heavy atom. The number of aromatic nitrogens is 1. The molecule has 4 rings (SSSR count). The fourth-order valence-electron chi connectivity index (χ4n) is 5.04. The van der Waals surface area contributed by atoms with Crippen molar-refractivity contribution < 1.29 is 19.0 Å². The third kappa shape index (κ3) is 3.21. The lowest BCUT2D eigenvalue weighted by atomic mass is 9.75. The van der Waals surface area contributed by atoms with E-state index in [2.05, 4.69) is 22.5 Å². The van der Waals surface area contributed by atoms with Crippen LogP contribution in [0.2, 0.25) is 0 Å².